The van der Waals surface area contributed by atoms with Gasteiger partial charge in [-0.25, -0.2) is 4.98 Å². The number of carbonyl (C=O) groups excluding carboxylic acids is 1. The van der Waals surface area contributed by atoms with Gasteiger partial charge in [0, 0.05) is 26.4 Å². The van der Waals surface area contributed by atoms with E-state index in [1.807, 2.05) is 6.07 Å². The van der Waals surface area contributed by atoms with Crippen LogP contribution in [0.4, 0.5) is 5.82 Å². The molecule has 1 N–H and O–H groups in total. The standard InChI is InChI=1S/C15H20N4O2/c1-19(10-14(20)17-6-7-21-2)15-12(9-16)8-11-4-3-5-13(11)18-15/h8H,3-7,10H2,1-2H3,(H,17,20). The van der Waals surface area contributed by atoms with E-state index in [1.54, 1.807) is 19.1 Å². The minimum atomic E-state index is -0.110. The molecule has 112 valence electrons. The number of nitrogens with one attached hydrogen (secondary N) is 1. The number of aryl methyl sites for hydroxylation is 2. The van der Waals surface area contributed by atoms with Crippen molar-refractivity contribution in [1.82, 2.24) is 10.3 Å². The van der Waals surface area contributed by atoms with Crippen LogP contribution < -0.4 is 10.2 Å². The zero-order valence-corrected chi connectivity index (χ0v) is 12.5. The van der Waals surface area contributed by atoms with Gasteiger partial charge >= 0.3 is 0 Å². The van der Waals surface area contributed by atoms with E-state index in [0.717, 1.165) is 30.5 Å². The quantitative estimate of drug-likeness (QED) is 0.777. The van der Waals surface area contributed by atoms with Gasteiger partial charge < -0.3 is 15.0 Å². The van der Waals surface area contributed by atoms with Gasteiger partial charge in [-0.15, -0.1) is 0 Å². The molecule has 1 aliphatic rings. The van der Waals surface area contributed by atoms with Gasteiger partial charge in [-0.3, -0.25) is 4.79 Å². The lowest BCUT2D eigenvalue weighted by atomic mass is 10.1. The molecule has 0 spiro atoms. The average molecular weight is 288 g/mol. The highest BCUT2D eigenvalue weighted by Crippen LogP contribution is 2.26. The van der Waals surface area contributed by atoms with Crippen molar-refractivity contribution in [2.24, 2.45) is 0 Å². The first-order chi connectivity index (χ1) is 10.2. The van der Waals surface area contributed by atoms with Crippen LogP contribution in [0.15, 0.2) is 6.07 Å². The molecule has 1 amide bonds. The number of rotatable bonds is 6. The van der Waals surface area contributed by atoms with Crippen molar-refractivity contribution in [3.05, 3.63) is 22.9 Å². The van der Waals surface area contributed by atoms with E-state index in [1.165, 1.54) is 0 Å². The summed E-state index contributed by atoms with van der Waals surface area (Å²) in [5.74, 6) is 0.473. The molecule has 0 saturated carbocycles. The Bertz CT molecular complexity index is 566. The minimum absolute atomic E-state index is 0.110. The summed E-state index contributed by atoms with van der Waals surface area (Å²) in [7, 11) is 3.37. The lowest BCUT2D eigenvalue weighted by molar-refractivity contribution is -0.119. The van der Waals surface area contributed by atoms with Crippen molar-refractivity contribution in [3.63, 3.8) is 0 Å². The van der Waals surface area contributed by atoms with E-state index in [-0.39, 0.29) is 12.5 Å². The summed E-state index contributed by atoms with van der Waals surface area (Å²) >= 11 is 0. The van der Waals surface area contributed by atoms with Crippen LogP contribution in [0.25, 0.3) is 0 Å². The second-order valence-electron chi connectivity index (χ2n) is 5.13. The smallest absolute Gasteiger partial charge is 0.239 e. The number of nitriles is 1. The summed E-state index contributed by atoms with van der Waals surface area (Å²) in [5.41, 5.74) is 2.74. The highest BCUT2D eigenvalue weighted by molar-refractivity contribution is 5.81. The lowest BCUT2D eigenvalue weighted by Gasteiger charge is -2.19. The third-order valence-electron chi connectivity index (χ3n) is 3.52. The molecule has 0 saturated heterocycles. The molecule has 1 aliphatic carbocycles. The van der Waals surface area contributed by atoms with Crippen molar-refractivity contribution in [1.29, 1.82) is 5.26 Å². The molecule has 0 unspecified atom stereocenters. The molecule has 1 heterocycles. The number of ether oxygens (including phenoxy) is 1. The van der Waals surface area contributed by atoms with Gasteiger partial charge in [0.2, 0.25) is 5.91 Å². The maximum atomic E-state index is 11.8. The summed E-state index contributed by atoms with van der Waals surface area (Å²) in [6, 6.07) is 4.08. The monoisotopic (exact) mass is 288 g/mol. The van der Waals surface area contributed by atoms with E-state index < -0.39 is 0 Å². The molecule has 6 heteroatoms. The maximum Gasteiger partial charge on any atom is 0.239 e. The second-order valence-corrected chi connectivity index (χ2v) is 5.13. The predicted molar refractivity (Wildman–Crippen MR) is 79.1 cm³/mol. The number of aromatic nitrogens is 1. The van der Waals surface area contributed by atoms with Crippen LogP contribution in [0.2, 0.25) is 0 Å². The van der Waals surface area contributed by atoms with Gasteiger partial charge in [-0.1, -0.05) is 0 Å². The van der Waals surface area contributed by atoms with Crippen LogP contribution in [-0.2, 0) is 22.4 Å². The first-order valence-corrected chi connectivity index (χ1v) is 7.05. The Labute approximate surface area is 124 Å². The molecule has 6 nitrogen and oxygen atoms in total. The first kappa shape index (κ1) is 15.3. The Morgan fingerprint density at radius 3 is 3.10 bits per heavy atom. The zero-order valence-electron chi connectivity index (χ0n) is 12.5. The van der Waals surface area contributed by atoms with Gasteiger partial charge in [-0.05, 0) is 30.9 Å². The van der Waals surface area contributed by atoms with Gasteiger partial charge in [0.25, 0.3) is 0 Å². The SMILES string of the molecule is COCCNC(=O)CN(C)c1nc2c(cc1C#N)CCC2. The summed E-state index contributed by atoms with van der Waals surface area (Å²) < 4.78 is 4.89. The number of amides is 1. The number of anilines is 1. The summed E-state index contributed by atoms with van der Waals surface area (Å²) in [6.45, 7) is 1.13. The van der Waals surface area contributed by atoms with Gasteiger partial charge in [0.15, 0.2) is 0 Å². The first-order valence-electron chi connectivity index (χ1n) is 7.05. The van der Waals surface area contributed by atoms with Gasteiger partial charge in [0.1, 0.15) is 11.9 Å². The second kappa shape index (κ2) is 7.04. The van der Waals surface area contributed by atoms with Crippen LogP contribution in [0, 0.1) is 11.3 Å². The fourth-order valence-electron chi connectivity index (χ4n) is 2.47. The molecular weight excluding hydrogens is 268 g/mol. The topological polar surface area (TPSA) is 78.2 Å². The van der Waals surface area contributed by atoms with Crippen molar-refractivity contribution in [2.75, 3.05) is 38.8 Å². The molecule has 2 rings (SSSR count). The molecule has 0 aliphatic heterocycles. The number of nitrogens with zero attached hydrogens (tertiary/aromatic N) is 3. The lowest BCUT2D eigenvalue weighted by Crippen LogP contribution is -2.37. The Morgan fingerprint density at radius 2 is 2.38 bits per heavy atom. The number of likely N-dealkylation sites (N-methyl/N-ethyl adjacent to an activating group) is 1. The number of pyridine rings is 1. The highest BCUT2D eigenvalue weighted by atomic mass is 16.5. The molecule has 1 aromatic heterocycles. The Balaban J connectivity index is 2.07. The Hall–Kier alpha value is -2.13. The van der Waals surface area contributed by atoms with Crippen molar-refractivity contribution >= 4 is 11.7 Å². The number of fused-ring (bicyclic) bond motifs is 1. The third-order valence-corrected chi connectivity index (χ3v) is 3.52. The zero-order chi connectivity index (χ0) is 15.2. The van der Waals surface area contributed by atoms with Crippen molar-refractivity contribution in [3.8, 4) is 6.07 Å². The normalized spacial score (nSPS) is 12.6. The summed E-state index contributed by atoms with van der Waals surface area (Å²) in [6.07, 6.45) is 3.01. The van der Waals surface area contributed by atoms with E-state index in [0.29, 0.717) is 24.5 Å². The fourth-order valence-corrected chi connectivity index (χ4v) is 2.47. The maximum absolute atomic E-state index is 11.8. The molecule has 21 heavy (non-hydrogen) atoms. The van der Waals surface area contributed by atoms with Crippen LogP contribution >= 0.6 is 0 Å². The van der Waals surface area contributed by atoms with Crippen LogP contribution in [-0.4, -0.2) is 44.7 Å². The Morgan fingerprint density at radius 1 is 1.57 bits per heavy atom. The molecular formula is C15H20N4O2. The van der Waals surface area contributed by atoms with E-state index in [9.17, 15) is 10.1 Å². The Kier molecular flexibility index (Phi) is 5.12. The summed E-state index contributed by atoms with van der Waals surface area (Å²) in [5, 5.41) is 12.0. The van der Waals surface area contributed by atoms with E-state index >= 15 is 0 Å². The van der Waals surface area contributed by atoms with Crippen LogP contribution in [0.3, 0.4) is 0 Å². The number of methoxy groups -OCH3 is 1. The molecule has 0 atom stereocenters. The fraction of sp³-hybridized carbons (Fsp3) is 0.533. The van der Waals surface area contributed by atoms with Gasteiger partial charge in [-0.2, -0.15) is 5.26 Å². The highest BCUT2D eigenvalue weighted by Gasteiger charge is 2.19. The number of hydrogen-bond acceptors (Lipinski definition) is 5. The molecule has 0 radical (unpaired) electrons. The van der Waals surface area contributed by atoms with E-state index in [2.05, 4.69) is 16.4 Å². The largest absolute Gasteiger partial charge is 0.383 e. The third kappa shape index (κ3) is 3.70. The number of hydrogen-bond donors (Lipinski definition) is 1. The molecule has 0 bridgehead atoms. The average Bonchev–Trinajstić information content (AvgIpc) is 2.93. The summed E-state index contributed by atoms with van der Waals surface area (Å²) in [4.78, 5) is 18.1. The van der Waals surface area contributed by atoms with Crippen molar-refractivity contribution < 1.29 is 9.53 Å². The molecule has 0 aromatic carbocycles. The minimum Gasteiger partial charge on any atom is -0.383 e. The molecule has 0 fully saturated rings. The molecule has 1 aromatic rings. The predicted octanol–water partition coefficient (Wildman–Crippen LogP) is 0.641. The van der Waals surface area contributed by atoms with Crippen molar-refractivity contribution in [2.45, 2.75) is 19.3 Å². The van der Waals surface area contributed by atoms with Crippen LogP contribution in [0.5, 0.6) is 0 Å². The number of carbonyl (C=O) groups is 1. The van der Waals surface area contributed by atoms with Crippen LogP contribution in [0.1, 0.15) is 23.2 Å². The van der Waals surface area contributed by atoms with Gasteiger partial charge in [0.05, 0.1) is 18.7 Å². The van der Waals surface area contributed by atoms with E-state index in [4.69, 9.17) is 4.74 Å².